The number of urea groups is 1. The first-order valence-electron chi connectivity index (χ1n) is 8.73. The Morgan fingerprint density at radius 1 is 1.08 bits per heavy atom. The van der Waals surface area contributed by atoms with Crippen LogP contribution >= 0.6 is 0 Å². The van der Waals surface area contributed by atoms with Crippen LogP contribution in [0.15, 0.2) is 54.6 Å². The Morgan fingerprint density at radius 2 is 1.77 bits per heavy atom. The Hall–Kier alpha value is -2.86. The average molecular weight is 353 g/mol. The summed E-state index contributed by atoms with van der Waals surface area (Å²) in [5.74, 6) is 0.0649. The number of aliphatic hydroxyl groups is 1. The zero-order valence-electron chi connectivity index (χ0n) is 14.5. The van der Waals surface area contributed by atoms with E-state index in [1.54, 1.807) is 29.2 Å². The van der Waals surface area contributed by atoms with Gasteiger partial charge >= 0.3 is 6.03 Å². The number of benzene rings is 2. The molecule has 4 N–H and O–H groups in total. The van der Waals surface area contributed by atoms with Gasteiger partial charge in [0.15, 0.2) is 0 Å². The maximum Gasteiger partial charge on any atom is 0.316 e. The van der Waals surface area contributed by atoms with E-state index in [1.165, 1.54) is 0 Å². The fourth-order valence-corrected chi connectivity index (χ4v) is 3.40. The molecule has 6 nitrogen and oxygen atoms in total. The van der Waals surface area contributed by atoms with Crippen molar-refractivity contribution in [3.63, 3.8) is 0 Å². The van der Waals surface area contributed by atoms with Gasteiger partial charge in [-0.15, -0.1) is 0 Å². The second-order valence-corrected chi connectivity index (χ2v) is 6.56. The molecule has 0 spiro atoms. The Labute approximate surface area is 152 Å². The molecule has 2 aromatic rings. The lowest BCUT2D eigenvalue weighted by Crippen LogP contribution is -2.39. The van der Waals surface area contributed by atoms with Crippen molar-refractivity contribution in [3.05, 3.63) is 65.7 Å². The van der Waals surface area contributed by atoms with Gasteiger partial charge in [-0.25, -0.2) is 4.79 Å². The molecule has 3 amide bonds. The molecule has 136 valence electrons. The van der Waals surface area contributed by atoms with Crippen molar-refractivity contribution in [1.29, 1.82) is 0 Å². The number of piperidine rings is 1. The van der Waals surface area contributed by atoms with Gasteiger partial charge in [-0.1, -0.05) is 36.4 Å². The molecule has 1 aliphatic heterocycles. The van der Waals surface area contributed by atoms with Gasteiger partial charge in [0.2, 0.25) is 0 Å². The molecule has 1 fully saturated rings. The predicted octanol–water partition coefficient (Wildman–Crippen LogP) is 2.76. The third-order valence-electron chi connectivity index (χ3n) is 4.79. The predicted molar refractivity (Wildman–Crippen MR) is 99.7 cm³/mol. The smallest absolute Gasteiger partial charge is 0.316 e. The summed E-state index contributed by atoms with van der Waals surface area (Å²) in [7, 11) is 0. The van der Waals surface area contributed by atoms with Crippen LogP contribution in [-0.2, 0) is 0 Å². The molecule has 0 saturated carbocycles. The summed E-state index contributed by atoms with van der Waals surface area (Å²) >= 11 is 0. The molecule has 2 aromatic carbocycles. The molecule has 1 saturated heterocycles. The van der Waals surface area contributed by atoms with E-state index < -0.39 is 12.1 Å². The Morgan fingerprint density at radius 3 is 2.42 bits per heavy atom. The van der Waals surface area contributed by atoms with E-state index >= 15 is 0 Å². The number of primary amides is 1. The highest BCUT2D eigenvalue weighted by molar-refractivity contribution is 5.96. The standard InChI is InChI=1S/C20H23N3O3/c21-20(26)22-17-8-4-7-16(13-17)19(25)23-11-9-15(10-12-23)18(24)14-5-2-1-3-6-14/h1-8,13,15,18,24H,9-12H2,(H3,21,22,26). The molecule has 0 aromatic heterocycles. The lowest BCUT2D eigenvalue weighted by molar-refractivity contribution is 0.0462. The van der Waals surface area contributed by atoms with Crippen LogP contribution in [-0.4, -0.2) is 35.0 Å². The van der Waals surface area contributed by atoms with Crippen molar-refractivity contribution < 1.29 is 14.7 Å². The van der Waals surface area contributed by atoms with E-state index in [2.05, 4.69) is 5.32 Å². The summed E-state index contributed by atoms with van der Waals surface area (Å²) < 4.78 is 0. The molecule has 6 heteroatoms. The van der Waals surface area contributed by atoms with Gasteiger partial charge in [0.05, 0.1) is 6.10 Å². The van der Waals surface area contributed by atoms with Crippen LogP contribution in [0.5, 0.6) is 0 Å². The fourth-order valence-electron chi connectivity index (χ4n) is 3.40. The first kappa shape index (κ1) is 17.9. The minimum absolute atomic E-state index is 0.0780. The van der Waals surface area contributed by atoms with Gasteiger partial charge < -0.3 is 21.1 Å². The number of amides is 3. The summed E-state index contributed by atoms with van der Waals surface area (Å²) in [6, 6.07) is 15.7. The normalized spacial score (nSPS) is 16.1. The van der Waals surface area contributed by atoms with E-state index in [0.29, 0.717) is 24.3 Å². The fraction of sp³-hybridized carbons (Fsp3) is 0.300. The van der Waals surface area contributed by atoms with E-state index in [4.69, 9.17) is 5.73 Å². The molecular weight excluding hydrogens is 330 g/mol. The zero-order valence-corrected chi connectivity index (χ0v) is 14.5. The van der Waals surface area contributed by atoms with Crippen molar-refractivity contribution in [2.75, 3.05) is 18.4 Å². The van der Waals surface area contributed by atoms with Crippen molar-refractivity contribution in [2.45, 2.75) is 18.9 Å². The molecule has 0 radical (unpaired) electrons. The number of nitrogens with one attached hydrogen (secondary N) is 1. The molecule has 1 unspecified atom stereocenters. The molecule has 26 heavy (non-hydrogen) atoms. The third-order valence-corrected chi connectivity index (χ3v) is 4.79. The Kier molecular flexibility index (Phi) is 5.53. The largest absolute Gasteiger partial charge is 0.388 e. The number of carbonyl (C=O) groups is 2. The quantitative estimate of drug-likeness (QED) is 0.788. The van der Waals surface area contributed by atoms with Crippen LogP contribution in [0.4, 0.5) is 10.5 Å². The number of anilines is 1. The van der Waals surface area contributed by atoms with E-state index in [-0.39, 0.29) is 11.8 Å². The van der Waals surface area contributed by atoms with Crippen LogP contribution in [0, 0.1) is 5.92 Å². The van der Waals surface area contributed by atoms with Crippen LogP contribution in [0.3, 0.4) is 0 Å². The highest BCUT2D eigenvalue weighted by Gasteiger charge is 2.28. The molecule has 3 rings (SSSR count). The number of hydrogen-bond donors (Lipinski definition) is 3. The van der Waals surface area contributed by atoms with Crippen LogP contribution in [0.1, 0.15) is 34.9 Å². The number of nitrogens with two attached hydrogens (primary N) is 1. The first-order chi connectivity index (χ1) is 12.5. The SMILES string of the molecule is NC(=O)Nc1cccc(C(=O)N2CCC(C(O)c3ccccc3)CC2)c1. The van der Waals surface area contributed by atoms with Crippen molar-refractivity contribution in [2.24, 2.45) is 11.7 Å². The maximum atomic E-state index is 12.7. The van der Waals surface area contributed by atoms with Crippen LogP contribution in [0.25, 0.3) is 0 Å². The second kappa shape index (κ2) is 8.01. The topological polar surface area (TPSA) is 95.7 Å². The van der Waals surface area contributed by atoms with E-state index in [0.717, 1.165) is 18.4 Å². The van der Waals surface area contributed by atoms with E-state index in [1.807, 2.05) is 30.3 Å². The summed E-state index contributed by atoms with van der Waals surface area (Å²) in [5, 5.41) is 13.0. The van der Waals surface area contributed by atoms with Crippen molar-refractivity contribution in [1.82, 2.24) is 4.90 Å². The van der Waals surface area contributed by atoms with Gasteiger partial charge in [-0.3, -0.25) is 4.79 Å². The zero-order chi connectivity index (χ0) is 18.5. The van der Waals surface area contributed by atoms with Gasteiger partial charge in [-0.05, 0) is 42.5 Å². The lowest BCUT2D eigenvalue weighted by atomic mass is 9.87. The second-order valence-electron chi connectivity index (χ2n) is 6.56. The number of aliphatic hydroxyl groups excluding tert-OH is 1. The molecule has 1 heterocycles. The highest BCUT2D eigenvalue weighted by Crippen LogP contribution is 2.31. The molecule has 0 aliphatic carbocycles. The Bertz CT molecular complexity index is 771. The van der Waals surface area contributed by atoms with Crippen LogP contribution < -0.4 is 11.1 Å². The van der Waals surface area contributed by atoms with Gasteiger partial charge in [-0.2, -0.15) is 0 Å². The van der Waals surface area contributed by atoms with Gasteiger partial charge in [0.25, 0.3) is 5.91 Å². The minimum Gasteiger partial charge on any atom is -0.388 e. The summed E-state index contributed by atoms with van der Waals surface area (Å²) in [5.41, 5.74) is 7.05. The number of rotatable bonds is 4. The van der Waals surface area contributed by atoms with Gasteiger partial charge in [0.1, 0.15) is 0 Å². The van der Waals surface area contributed by atoms with Crippen molar-refractivity contribution >= 4 is 17.6 Å². The molecule has 1 atom stereocenters. The molecule has 0 bridgehead atoms. The van der Waals surface area contributed by atoms with Crippen molar-refractivity contribution in [3.8, 4) is 0 Å². The summed E-state index contributed by atoms with van der Waals surface area (Å²) in [4.78, 5) is 25.5. The third kappa shape index (κ3) is 4.21. The van der Waals surface area contributed by atoms with E-state index in [9.17, 15) is 14.7 Å². The summed E-state index contributed by atoms with van der Waals surface area (Å²) in [6.07, 6.45) is 0.999. The minimum atomic E-state index is -0.662. The average Bonchev–Trinajstić information content (AvgIpc) is 2.67. The number of hydrogen-bond acceptors (Lipinski definition) is 3. The first-order valence-corrected chi connectivity index (χ1v) is 8.73. The molecule has 1 aliphatic rings. The number of carbonyl (C=O) groups excluding carboxylic acids is 2. The number of likely N-dealkylation sites (tertiary alicyclic amines) is 1. The Balaban J connectivity index is 1.61. The highest BCUT2D eigenvalue weighted by atomic mass is 16.3. The molecular formula is C20H23N3O3. The van der Waals surface area contributed by atoms with Gasteiger partial charge in [0, 0.05) is 24.3 Å². The maximum absolute atomic E-state index is 12.7. The number of nitrogens with zero attached hydrogens (tertiary/aromatic N) is 1. The lowest BCUT2D eigenvalue weighted by Gasteiger charge is -2.34. The summed E-state index contributed by atoms with van der Waals surface area (Å²) in [6.45, 7) is 1.20. The monoisotopic (exact) mass is 353 g/mol. The van der Waals surface area contributed by atoms with Crippen LogP contribution in [0.2, 0.25) is 0 Å².